The van der Waals surface area contributed by atoms with E-state index < -0.39 is 65.8 Å². The molecule has 230 valence electrons. The first-order valence-electron chi connectivity index (χ1n) is 14.5. The van der Waals surface area contributed by atoms with Crippen LogP contribution in [0.25, 0.3) is 0 Å². The second-order valence-corrected chi connectivity index (χ2v) is 11.4. The van der Waals surface area contributed by atoms with Gasteiger partial charge in [-0.25, -0.2) is 0 Å². The van der Waals surface area contributed by atoms with Crippen molar-refractivity contribution in [3.63, 3.8) is 0 Å². The summed E-state index contributed by atoms with van der Waals surface area (Å²) >= 11 is 0. The van der Waals surface area contributed by atoms with Crippen LogP contribution in [0.15, 0.2) is 12.7 Å². The highest BCUT2D eigenvalue weighted by Crippen LogP contribution is 2.23. The van der Waals surface area contributed by atoms with E-state index in [1.165, 1.54) is 34.9 Å². The molecule has 5 amide bonds. The van der Waals surface area contributed by atoms with Gasteiger partial charge in [0, 0.05) is 33.6 Å². The first-order valence-corrected chi connectivity index (χ1v) is 14.5. The van der Waals surface area contributed by atoms with Gasteiger partial charge in [-0.1, -0.05) is 40.2 Å². The van der Waals surface area contributed by atoms with Crippen molar-refractivity contribution in [2.75, 3.05) is 27.2 Å². The highest BCUT2D eigenvalue weighted by Gasteiger charge is 2.42. The van der Waals surface area contributed by atoms with Crippen LogP contribution in [0.4, 0.5) is 0 Å². The summed E-state index contributed by atoms with van der Waals surface area (Å²) in [5, 5.41) is 5.51. The molecular formula is C29H47N5O7. The van der Waals surface area contributed by atoms with Crippen molar-refractivity contribution in [1.82, 2.24) is 25.3 Å². The Morgan fingerprint density at radius 3 is 2.24 bits per heavy atom. The summed E-state index contributed by atoms with van der Waals surface area (Å²) in [6.07, 6.45) is 1.70. The van der Waals surface area contributed by atoms with Gasteiger partial charge in [0.1, 0.15) is 24.2 Å². The zero-order valence-corrected chi connectivity index (χ0v) is 25.5. The van der Waals surface area contributed by atoms with Crippen molar-refractivity contribution in [2.45, 2.75) is 97.0 Å². The van der Waals surface area contributed by atoms with Gasteiger partial charge in [-0.15, -0.1) is 6.58 Å². The number of rotatable bonds is 5. The Kier molecular flexibility index (Phi) is 12.3. The molecule has 41 heavy (non-hydrogen) atoms. The standard InChI is InChI=1S/C29H47N5O7/c1-9-12-21-27(38)34-16-11-13-20(34)26(37)31-23(18(5)10-2)28(39)33(8)24(17(3)4)29(40)32(7)19(6)25(36)30-15-14-22(35)41-21/h9,17-21,23-24H,1,10-16H2,2-8H3,(H,30,36)(H,31,37)/t18-,19-,20+,21-,23-,24?/m0/s1. The molecule has 2 aliphatic heterocycles. The largest absolute Gasteiger partial charge is 0.452 e. The van der Waals surface area contributed by atoms with E-state index in [1.807, 2.05) is 27.7 Å². The number of hydrogen-bond donors (Lipinski definition) is 2. The van der Waals surface area contributed by atoms with Crippen LogP contribution in [0, 0.1) is 11.8 Å². The fourth-order valence-corrected chi connectivity index (χ4v) is 5.25. The fourth-order valence-electron chi connectivity index (χ4n) is 5.25. The minimum atomic E-state index is -1.17. The highest BCUT2D eigenvalue weighted by molar-refractivity contribution is 5.96. The van der Waals surface area contributed by atoms with Crippen LogP contribution in [-0.2, 0) is 33.5 Å². The van der Waals surface area contributed by atoms with Crippen molar-refractivity contribution in [3.05, 3.63) is 12.7 Å². The lowest BCUT2D eigenvalue weighted by Crippen LogP contribution is -2.60. The zero-order chi connectivity index (χ0) is 31.0. The van der Waals surface area contributed by atoms with Gasteiger partial charge in [-0.3, -0.25) is 28.8 Å². The predicted octanol–water partition coefficient (Wildman–Crippen LogP) is 0.846. The topological polar surface area (TPSA) is 145 Å². The molecule has 2 heterocycles. The number of fused-ring (bicyclic) bond motifs is 1. The van der Waals surface area contributed by atoms with Crippen LogP contribution in [-0.4, -0.2) is 108 Å². The second-order valence-electron chi connectivity index (χ2n) is 11.4. The van der Waals surface area contributed by atoms with Gasteiger partial charge in [-0.2, -0.15) is 0 Å². The van der Waals surface area contributed by atoms with Gasteiger partial charge in [0.25, 0.3) is 5.91 Å². The number of esters is 1. The van der Waals surface area contributed by atoms with Gasteiger partial charge in [0.15, 0.2) is 6.10 Å². The van der Waals surface area contributed by atoms with E-state index in [-0.39, 0.29) is 31.2 Å². The van der Waals surface area contributed by atoms with E-state index in [0.29, 0.717) is 25.8 Å². The quantitative estimate of drug-likeness (QED) is 0.364. The average molecular weight is 578 g/mol. The normalized spacial score (nSPS) is 28.8. The van der Waals surface area contributed by atoms with E-state index >= 15 is 0 Å². The monoisotopic (exact) mass is 577 g/mol. The highest BCUT2D eigenvalue weighted by atomic mass is 16.5. The summed E-state index contributed by atoms with van der Waals surface area (Å²) in [6.45, 7) is 12.8. The molecule has 2 aliphatic rings. The molecule has 0 radical (unpaired) electrons. The van der Waals surface area contributed by atoms with E-state index in [1.54, 1.807) is 6.92 Å². The van der Waals surface area contributed by atoms with Crippen molar-refractivity contribution >= 4 is 35.5 Å². The van der Waals surface area contributed by atoms with Crippen molar-refractivity contribution in [1.29, 1.82) is 0 Å². The third-order valence-electron chi connectivity index (χ3n) is 8.13. The molecule has 2 saturated heterocycles. The third kappa shape index (κ3) is 8.07. The molecule has 0 bridgehead atoms. The molecule has 12 heteroatoms. The van der Waals surface area contributed by atoms with Crippen LogP contribution < -0.4 is 10.6 Å². The lowest BCUT2D eigenvalue weighted by molar-refractivity contribution is -0.161. The van der Waals surface area contributed by atoms with Crippen molar-refractivity contribution < 1.29 is 33.5 Å². The maximum absolute atomic E-state index is 13.9. The van der Waals surface area contributed by atoms with Crippen LogP contribution in [0.2, 0.25) is 0 Å². The number of nitrogens with zero attached hydrogens (tertiary/aromatic N) is 3. The number of likely N-dealkylation sites (N-methyl/N-ethyl adjacent to an activating group) is 2. The molecule has 0 aliphatic carbocycles. The first kappa shape index (κ1) is 33.8. The predicted molar refractivity (Wildman–Crippen MR) is 152 cm³/mol. The van der Waals surface area contributed by atoms with Crippen LogP contribution in [0.1, 0.15) is 66.7 Å². The summed E-state index contributed by atoms with van der Waals surface area (Å²) in [5.41, 5.74) is 0. The molecule has 12 nitrogen and oxygen atoms in total. The molecule has 1 unspecified atom stereocenters. The molecule has 0 saturated carbocycles. The van der Waals surface area contributed by atoms with Gasteiger partial charge in [0.2, 0.25) is 23.6 Å². The summed E-state index contributed by atoms with van der Waals surface area (Å²) < 4.78 is 5.45. The molecule has 6 atom stereocenters. The SMILES string of the molecule is C=CC[C@@H]1OC(=O)CCNC(=O)[C@H](C)N(C)C(=O)C(C(C)C)N(C)C(=O)[C@H]([C@@H](C)CC)NC(=O)[C@H]2CCCN2C1=O. The third-order valence-corrected chi connectivity index (χ3v) is 8.13. The number of amides is 5. The summed E-state index contributed by atoms with van der Waals surface area (Å²) in [4.78, 5) is 84.0. The van der Waals surface area contributed by atoms with Gasteiger partial charge < -0.3 is 30.1 Å². The molecule has 0 aromatic carbocycles. The Balaban J connectivity index is 2.53. The Bertz CT molecular complexity index is 1020. The van der Waals surface area contributed by atoms with E-state index in [9.17, 15) is 28.8 Å². The molecule has 0 spiro atoms. The number of carbonyl (C=O) groups is 6. The number of ether oxygens (including phenoxy) is 1. The maximum atomic E-state index is 13.9. The molecule has 2 fully saturated rings. The lowest BCUT2D eigenvalue weighted by Gasteiger charge is -2.38. The smallest absolute Gasteiger partial charge is 0.308 e. The Hall–Kier alpha value is -3.44. The van der Waals surface area contributed by atoms with Crippen LogP contribution >= 0.6 is 0 Å². The van der Waals surface area contributed by atoms with E-state index in [2.05, 4.69) is 17.2 Å². The summed E-state index contributed by atoms with van der Waals surface area (Å²) in [6, 6.07) is -3.57. The fraction of sp³-hybridized carbons (Fsp3) is 0.724. The Labute approximate surface area is 243 Å². The maximum Gasteiger partial charge on any atom is 0.308 e. The summed E-state index contributed by atoms with van der Waals surface area (Å²) in [7, 11) is 3.02. The Morgan fingerprint density at radius 1 is 1.00 bits per heavy atom. The molecule has 2 N–H and O–H groups in total. The van der Waals surface area contributed by atoms with Crippen molar-refractivity contribution in [3.8, 4) is 0 Å². The Morgan fingerprint density at radius 2 is 1.66 bits per heavy atom. The van der Waals surface area contributed by atoms with Gasteiger partial charge in [-0.05, 0) is 31.6 Å². The molecule has 2 rings (SSSR count). The number of carbonyl (C=O) groups excluding carboxylic acids is 6. The van der Waals surface area contributed by atoms with Gasteiger partial charge >= 0.3 is 5.97 Å². The minimum absolute atomic E-state index is 0.0566. The molecular weight excluding hydrogens is 530 g/mol. The number of nitrogens with one attached hydrogen (secondary N) is 2. The number of hydrogen-bond acceptors (Lipinski definition) is 7. The van der Waals surface area contributed by atoms with Crippen molar-refractivity contribution in [2.24, 2.45) is 11.8 Å². The van der Waals surface area contributed by atoms with Crippen LogP contribution in [0.5, 0.6) is 0 Å². The molecule has 0 aromatic heterocycles. The molecule has 0 aromatic rings. The van der Waals surface area contributed by atoms with Gasteiger partial charge in [0.05, 0.1) is 6.42 Å². The second kappa shape index (κ2) is 15.0. The minimum Gasteiger partial charge on any atom is -0.452 e. The number of cyclic esters (lactones) is 1. The zero-order valence-electron chi connectivity index (χ0n) is 25.5. The average Bonchev–Trinajstić information content (AvgIpc) is 3.43. The van der Waals surface area contributed by atoms with Crippen LogP contribution in [0.3, 0.4) is 0 Å². The van der Waals surface area contributed by atoms with E-state index in [4.69, 9.17) is 4.74 Å². The lowest BCUT2D eigenvalue weighted by atomic mass is 9.94. The van der Waals surface area contributed by atoms with E-state index in [0.717, 1.165) is 0 Å². The first-order chi connectivity index (χ1) is 19.3. The summed E-state index contributed by atoms with van der Waals surface area (Å²) in [5.74, 6) is -3.58.